The molecule has 3 rings (SSSR count). The number of carbonyl (C=O) groups is 1. The maximum absolute atomic E-state index is 12.3. The first-order valence-electron chi connectivity index (χ1n) is 8.18. The highest BCUT2D eigenvalue weighted by atomic mass is 16.1. The zero-order valence-corrected chi connectivity index (χ0v) is 14.7. The molecule has 128 valence electrons. The van der Waals surface area contributed by atoms with E-state index in [1.165, 1.54) is 0 Å². The van der Waals surface area contributed by atoms with Crippen molar-refractivity contribution in [3.05, 3.63) is 76.6 Å². The first-order chi connectivity index (χ1) is 12.0. The van der Waals surface area contributed by atoms with Crippen LogP contribution in [0, 0.1) is 20.8 Å². The first-order valence-corrected chi connectivity index (χ1v) is 8.18. The lowest BCUT2D eigenvalue weighted by Gasteiger charge is -2.07. The smallest absolute Gasteiger partial charge is 0.251 e. The van der Waals surface area contributed by atoms with Crippen LogP contribution in [0.1, 0.15) is 38.8 Å². The maximum Gasteiger partial charge on any atom is 0.251 e. The van der Waals surface area contributed by atoms with Crippen LogP contribution in [-0.4, -0.2) is 25.7 Å². The second-order valence-corrected chi connectivity index (χ2v) is 6.06. The van der Waals surface area contributed by atoms with Crippen LogP contribution in [0.5, 0.6) is 0 Å². The first kappa shape index (κ1) is 16.8. The van der Waals surface area contributed by atoms with Gasteiger partial charge in [0.1, 0.15) is 5.82 Å². The Labute approximate surface area is 146 Å². The molecule has 1 N–H and O–H groups in total. The number of amides is 1. The van der Waals surface area contributed by atoms with Crippen molar-refractivity contribution < 1.29 is 4.79 Å². The Hall–Kier alpha value is -3.02. The van der Waals surface area contributed by atoms with Crippen LogP contribution in [0.15, 0.2) is 42.6 Å². The number of hydrogen-bond acceptors (Lipinski definition) is 4. The molecule has 2 heterocycles. The molecular weight excluding hydrogens is 314 g/mol. The molecule has 0 aliphatic rings. The average molecular weight is 335 g/mol. The number of aryl methyl sites for hydroxylation is 3. The van der Waals surface area contributed by atoms with Gasteiger partial charge in [-0.2, -0.15) is 5.10 Å². The Morgan fingerprint density at radius 3 is 2.52 bits per heavy atom. The fraction of sp³-hybridized carbons (Fsp3) is 0.263. The molecule has 0 radical (unpaired) electrons. The molecule has 0 saturated heterocycles. The van der Waals surface area contributed by atoms with Crippen LogP contribution in [0.3, 0.4) is 0 Å². The summed E-state index contributed by atoms with van der Waals surface area (Å²) in [6.07, 6.45) is 1.69. The van der Waals surface area contributed by atoms with Crippen LogP contribution in [0.25, 0.3) is 0 Å². The molecule has 0 aliphatic heterocycles. The van der Waals surface area contributed by atoms with Crippen molar-refractivity contribution in [1.29, 1.82) is 0 Å². The van der Waals surface area contributed by atoms with Gasteiger partial charge in [0.2, 0.25) is 0 Å². The van der Waals surface area contributed by atoms with Gasteiger partial charge < -0.3 is 5.32 Å². The van der Waals surface area contributed by atoms with Crippen LogP contribution >= 0.6 is 0 Å². The van der Waals surface area contributed by atoms with Crippen molar-refractivity contribution in [3.63, 3.8) is 0 Å². The number of nitrogens with zero attached hydrogens (tertiary/aromatic N) is 4. The predicted molar refractivity (Wildman–Crippen MR) is 95.2 cm³/mol. The van der Waals surface area contributed by atoms with Crippen LogP contribution in [-0.2, 0) is 13.1 Å². The van der Waals surface area contributed by atoms with E-state index >= 15 is 0 Å². The molecular formula is C19H21N5O. The second-order valence-electron chi connectivity index (χ2n) is 6.06. The number of aromatic nitrogens is 4. The Kier molecular flexibility index (Phi) is 4.88. The molecule has 0 bridgehead atoms. The minimum atomic E-state index is -0.117. The molecule has 0 saturated carbocycles. The van der Waals surface area contributed by atoms with Crippen LogP contribution in [0.4, 0.5) is 0 Å². The highest BCUT2D eigenvalue weighted by molar-refractivity contribution is 5.94. The second kappa shape index (κ2) is 7.25. The molecule has 0 atom stereocenters. The van der Waals surface area contributed by atoms with Gasteiger partial charge in [-0.15, -0.1) is 0 Å². The Morgan fingerprint density at radius 2 is 1.88 bits per heavy atom. The summed E-state index contributed by atoms with van der Waals surface area (Å²) >= 11 is 0. The lowest BCUT2D eigenvalue weighted by molar-refractivity contribution is 0.0950. The van der Waals surface area contributed by atoms with E-state index in [-0.39, 0.29) is 5.91 Å². The number of rotatable bonds is 5. The highest BCUT2D eigenvalue weighted by Crippen LogP contribution is 2.09. The normalized spacial score (nSPS) is 10.7. The lowest BCUT2D eigenvalue weighted by atomic mass is 10.1. The number of carbonyl (C=O) groups excluding carboxylic acids is 1. The minimum Gasteiger partial charge on any atom is -0.346 e. The molecule has 0 fully saturated rings. The van der Waals surface area contributed by atoms with Crippen molar-refractivity contribution in [3.8, 4) is 0 Å². The molecule has 0 aliphatic carbocycles. The summed E-state index contributed by atoms with van der Waals surface area (Å²) in [7, 11) is 0. The van der Waals surface area contributed by atoms with Gasteiger partial charge in [-0.05, 0) is 50.6 Å². The molecule has 1 amide bonds. The standard InChI is InChI=1S/C19H21N5O/c1-13-10-14(2)24(23-13)12-16-4-6-17(7-5-16)19(25)21-11-18-8-9-20-15(3)22-18/h4-10H,11-12H2,1-3H3,(H,21,25). The van der Waals surface area contributed by atoms with E-state index in [2.05, 4.69) is 26.4 Å². The minimum absolute atomic E-state index is 0.117. The van der Waals surface area contributed by atoms with Crippen LogP contribution in [0.2, 0.25) is 0 Å². The van der Waals surface area contributed by atoms with E-state index in [4.69, 9.17) is 0 Å². The van der Waals surface area contributed by atoms with Gasteiger partial charge in [-0.1, -0.05) is 12.1 Å². The van der Waals surface area contributed by atoms with E-state index in [1.807, 2.05) is 49.7 Å². The van der Waals surface area contributed by atoms with Gasteiger partial charge in [0, 0.05) is 17.5 Å². The van der Waals surface area contributed by atoms with Crippen molar-refractivity contribution >= 4 is 5.91 Å². The van der Waals surface area contributed by atoms with Gasteiger partial charge in [-0.3, -0.25) is 9.48 Å². The van der Waals surface area contributed by atoms with Gasteiger partial charge in [0.25, 0.3) is 5.91 Å². The number of benzene rings is 1. The summed E-state index contributed by atoms with van der Waals surface area (Å²) in [6, 6.07) is 11.4. The molecule has 6 heteroatoms. The number of hydrogen-bond donors (Lipinski definition) is 1. The third-order valence-electron chi connectivity index (χ3n) is 3.92. The molecule has 3 aromatic rings. The summed E-state index contributed by atoms with van der Waals surface area (Å²) in [5.41, 5.74) is 4.66. The zero-order valence-electron chi connectivity index (χ0n) is 14.7. The Morgan fingerprint density at radius 1 is 1.12 bits per heavy atom. The van der Waals surface area contributed by atoms with E-state index in [9.17, 15) is 4.79 Å². The average Bonchev–Trinajstić information content (AvgIpc) is 2.91. The summed E-state index contributed by atoms with van der Waals surface area (Å²) in [4.78, 5) is 20.6. The summed E-state index contributed by atoms with van der Waals surface area (Å²) in [6.45, 7) is 6.93. The van der Waals surface area contributed by atoms with E-state index in [1.54, 1.807) is 12.3 Å². The molecule has 25 heavy (non-hydrogen) atoms. The van der Waals surface area contributed by atoms with Crippen molar-refractivity contribution in [2.24, 2.45) is 0 Å². The van der Waals surface area contributed by atoms with E-state index in [0.717, 1.165) is 22.6 Å². The van der Waals surface area contributed by atoms with Gasteiger partial charge >= 0.3 is 0 Å². The van der Waals surface area contributed by atoms with Crippen molar-refractivity contribution in [2.75, 3.05) is 0 Å². The molecule has 0 unspecified atom stereocenters. The predicted octanol–water partition coefficient (Wildman–Crippen LogP) is 2.58. The van der Waals surface area contributed by atoms with E-state index < -0.39 is 0 Å². The van der Waals surface area contributed by atoms with Crippen molar-refractivity contribution in [2.45, 2.75) is 33.9 Å². The third kappa shape index (κ3) is 4.29. The molecule has 2 aromatic heterocycles. The quantitative estimate of drug-likeness (QED) is 0.778. The summed E-state index contributed by atoms with van der Waals surface area (Å²) < 4.78 is 1.96. The third-order valence-corrected chi connectivity index (χ3v) is 3.92. The van der Waals surface area contributed by atoms with Crippen molar-refractivity contribution in [1.82, 2.24) is 25.1 Å². The summed E-state index contributed by atoms with van der Waals surface area (Å²) in [5.74, 6) is 0.578. The fourth-order valence-electron chi connectivity index (χ4n) is 2.65. The number of nitrogens with one attached hydrogen (secondary N) is 1. The van der Waals surface area contributed by atoms with Gasteiger partial charge in [0.15, 0.2) is 0 Å². The monoisotopic (exact) mass is 335 g/mol. The molecule has 0 spiro atoms. The summed E-state index contributed by atoms with van der Waals surface area (Å²) in [5, 5.41) is 7.34. The van der Waals surface area contributed by atoms with E-state index in [0.29, 0.717) is 24.5 Å². The molecule has 6 nitrogen and oxygen atoms in total. The SMILES string of the molecule is Cc1cc(C)n(Cc2ccc(C(=O)NCc3ccnc(C)n3)cc2)n1. The maximum atomic E-state index is 12.3. The van der Waals surface area contributed by atoms with Gasteiger partial charge in [0.05, 0.1) is 24.5 Å². The fourth-order valence-corrected chi connectivity index (χ4v) is 2.65. The van der Waals surface area contributed by atoms with Crippen LogP contribution < -0.4 is 5.32 Å². The Balaban J connectivity index is 1.61. The highest BCUT2D eigenvalue weighted by Gasteiger charge is 2.07. The molecule has 1 aromatic carbocycles. The topological polar surface area (TPSA) is 72.7 Å². The largest absolute Gasteiger partial charge is 0.346 e. The zero-order chi connectivity index (χ0) is 17.8. The lowest BCUT2D eigenvalue weighted by Crippen LogP contribution is -2.23. The van der Waals surface area contributed by atoms with Gasteiger partial charge in [-0.25, -0.2) is 9.97 Å². The Bertz CT molecular complexity index is 883.